The highest BCUT2D eigenvalue weighted by molar-refractivity contribution is 7.59. The number of hydrogen-bond donors (Lipinski definition) is 2. The summed E-state index contributed by atoms with van der Waals surface area (Å²) in [7, 11) is 0. The van der Waals surface area contributed by atoms with E-state index in [1.807, 2.05) is 32.1 Å². The summed E-state index contributed by atoms with van der Waals surface area (Å²) >= 11 is 0. The Bertz CT molecular complexity index is 4790. The Morgan fingerprint density at radius 2 is 0.976 bits per heavy atom. The van der Waals surface area contributed by atoms with Gasteiger partial charge in [0.05, 0.1) is 27.6 Å². The van der Waals surface area contributed by atoms with Crippen LogP contribution in [0.25, 0.3) is 93.8 Å². The molecule has 85 heavy (non-hydrogen) atoms. The van der Waals surface area contributed by atoms with Crippen LogP contribution in [0.2, 0.25) is 0 Å². The Kier molecular flexibility index (Phi) is 15.5. The fourth-order valence-corrected chi connectivity index (χ4v) is 12.3. The highest BCUT2D eigenvalue weighted by Crippen LogP contribution is 2.52. The maximum atomic E-state index is 6.78. The van der Waals surface area contributed by atoms with Crippen molar-refractivity contribution in [3.05, 3.63) is 338 Å². The highest BCUT2D eigenvalue weighted by atomic mass is 32.1. The minimum Gasteiger partial charge on any atom is -0.398 e. The summed E-state index contributed by atoms with van der Waals surface area (Å²) in [6, 6.07) is 98.0. The van der Waals surface area contributed by atoms with Crippen LogP contribution in [0, 0.1) is 6.92 Å². The molecule has 0 spiro atoms. The number of benzene rings is 10. The van der Waals surface area contributed by atoms with Gasteiger partial charge in [-0.25, -0.2) is 0 Å². The number of nitrogens with two attached hydrogens (primary N) is 1. The summed E-state index contributed by atoms with van der Waals surface area (Å²) in [5, 5.41) is 10.1. The van der Waals surface area contributed by atoms with Crippen LogP contribution in [-0.4, -0.2) is 13.7 Å². The summed E-state index contributed by atoms with van der Waals surface area (Å²) in [5.41, 5.74) is 27.0. The number of fused-ring (bicyclic) bond motifs is 7. The number of aromatic nitrogens is 3. The van der Waals surface area contributed by atoms with Crippen molar-refractivity contribution in [2.24, 2.45) is 0 Å². The zero-order chi connectivity index (χ0) is 57.2. The van der Waals surface area contributed by atoms with Crippen LogP contribution in [-0.2, 0) is 12.0 Å². The summed E-state index contributed by atoms with van der Waals surface area (Å²) in [4.78, 5) is 0. The summed E-state index contributed by atoms with van der Waals surface area (Å²) in [6.45, 7) is 10.6. The zero-order valence-electron chi connectivity index (χ0n) is 48.1. The summed E-state index contributed by atoms with van der Waals surface area (Å²) in [5.74, 6) is 0. The lowest BCUT2D eigenvalue weighted by atomic mass is 9.94. The third-order valence-electron chi connectivity index (χ3n) is 16.3. The average Bonchev–Trinajstić information content (AvgIpc) is 2.88. The zero-order valence-corrected chi connectivity index (χ0v) is 49.1. The molecule has 14 rings (SSSR count). The second kappa shape index (κ2) is 23.9. The third kappa shape index (κ3) is 10.4. The first-order valence-corrected chi connectivity index (χ1v) is 29.1. The standard InChI is InChI=1S/C77H59N5.C2H6.H2S/c1-3-54(58-42-45-75-68(49-58)66-35-15-19-39-73(66)81(75)63-30-9-5-10-31-63)41-44-62(48-60-26-13-17-37-71(60)78)79-77(52-70(77)55-23-7-4-8-24-55)61-29-22-34-65(51-61)80-53(2)47-57(28-21-27-56-25-14-18-38-72(56)80)59-43-46-76-69(50-59)67-36-16-20-40-74(67)82(76)64-32-11-6-12-33-64;1-2;/h3-47,49-52,79H,1,48,78H2,2H3;1-2H3;1H2/b27-21?,53-47?,54-41+,57-28?,62-44+;;. The number of hydrogen-bond acceptors (Lipinski definition) is 2. The first-order valence-electron chi connectivity index (χ1n) is 29.1. The number of aryl methyl sites for hydroxylation is 1. The van der Waals surface area contributed by atoms with Gasteiger partial charge >= 0.3 is 0 Å². The van der Waals surface area contributed by atoms with E-state index >= 15 is 0 Å². The maximum absolute atomic E-state index is 6.78. The van der Waals surface area contributed by atoms with Crippen molar-refractivity contribution in [1.82, 2.24) is 19.0 Å². The van der Waals surface area contributed by atoms with Crippen LogP contribution in [0.1, 0.15) is 41.8 Å². The van der Waals surface area contributed by atoms with Crippen molar-refractivity contribution in [2.75, 3.05) is 5.73 Å². The second-order valence-electron chi connectivity index (χ2n) is 21.3. The monoisotopic (exact) mass is 1120 g/mol. The molecule has 414 valence electrons. The molecule has 1 aliphatic carbocycles. The Morgan fingerprint density at radius 1 is 0.459 bits per heavy atom. The normalized spacial score (nSPS) is 13.9. The van der Waals surface area contributed by atoms with E-state index in [1.54, 1.807) is 0 Å². The van der Waals surface area contributed by atoms with Gasteiger partial charge in [0.1, 0.15) is 5.54 Å². The summed E-state index contributed by atoms with van der Waals surface area (Å²) in [6.07, 6.45) is 9.35. The molecule has 0 radical (unpaired) electrons. The number of nitrogen functional groups attached to an aromatic ring is 1. The molecule has 0 aliphatic heterocycles. The lowest BCUT2D eigenvalue weighted by molar-refractivity contribution is 0.639. The van der Waals surface area contributed by atoms with Gasteiger partial charge in [-0.3, -0.25) is 0 Å². The van der Waals surface area contributed by atoms with Gasteiger partial charge in [0.15, 0.2) is 0 Å². The van der Waals surface area contributed by atoms with Gasteiger partial charge in [0.25, 0.3) is 0 Å². The molecule has 6 heteroatoms. The number of rotatable bonds is 13. The van der Waals surface area contributed by atoms with Gasteiger partial charge in [-0.1, -0.05) is 215 Å². The lowest BCUT2D eigenvalue weighted by Gasteiger charge is -2.26. The molecule has 0 saturated carbocycles. The van der Waals surface area contributed by atoms with Gasteiger partial charge in [0, 0.05) is 62.1 Å². The van der Waals surface area contributed by atoms with E-state index in [9.17, 15) is 0 Å². The summed E-state index contributed by atoms with van der Waals surface area (Å²) < 4.78 is 7.14. The van der Waals surface area contributed by atoms with Crippen molar-refractivity contribution < 1.29 is 0 Å². The van der Waals surface area contributed by atoms with Gasteiger partial charge < -0.3 is 24.8 Å². The SMILES string of the molecule is C=C/C(=C\C=C(/Cc1ccccc1N)NC1(c2cccc(-n3c(C)cc(-c4ccc5c(c4)c4ccccc4n5-c4ccccc4)cccc4ccccc43)c2)C=C1c1ccccc1)c1ccc2c(c1)c1ccccc1n2-c1ccccc1.CC.S. The van der Waals surface area contributed by atoms with Crippen LogP contribution in [0.4, 0.5) is 5.69 Å². The fraction of sp³-hybridized carbons (Fsp3) is 0.0633. The number of allylic oxidation sites excluding steroid dienone is 5. The molecule has 3 N–H and O–H groups in total. The first-order chi connectivity index (χ1) is 41.4. The number of nitrogens with zero attached hydrogens (tertiary/aromatic N) is 3. The van der Waals surface area contributed by atoms with E-state index in [0.29, 0.717) is 6.42 Å². The Balaban J connectivity index is 0.00000234. The molecular weight excluding hydrogens is 1050 g/mol. The molecule has 0 amide bonds. The Labute approximate surface area is 505 Å². The van der Waals surface area contributed by atoms with Gasteiger partial charge in [0.2, 0.25) is 0 Å². The predicted octanol–water partition coefficient (Wildman–Crippen LogP) is 19.9. The highest BCUT2D eigenvalue weighted by Gasteiger charge is 2.47. The van der Waals surface area contributed by atoms with Crippen LogP contribution < -0.4 is 11.1 Å². The molecule has 3 aromatic heterocycles. The lowest BCUT2D eigenvalue weighted by Crippen LogP contribution is -2.32. The van der Waals surface area contributed by atoms with Crippen LogP contribution >= 0.6 is 13.5 Å². The molecular formula is C79H67N5S. The van der Waals surface area contributed by atoms with E-state index in [4.69, 9.17) is 5.73 Å². The van der Waals surface area contributed by atoms with Crippen molar-refractivity contribution in [2.45, 2.75) is 32.7 Å². The van der Waals surface area contributed by atoms with Crippen molar-refractivity contribution in [1.29, 1.82) is 0 Å². The van der Waals surface area contributed by atoms with E-state index in [0.717, 1.165) is 89.5 Å². The third-order valence-corrected chi connectivity index (χ3v) is 16.3. The molecule has 0 fully saturated rings. The number of para-hydroxylation sites is 6. The molecule has 5 nitrogen and oxygen atoms in total. The van der Waals surface area contributed by atoms with Crippen molar-refractivity contribution in [3.63, 3.8) is 0 Å². The largest absolute Gasteiger partial charge is 0.398 e. The maximum Gasteiger partial charge on any atom is 0.108 e. The minimum atomic E-state index is -0.650. The van der Waals surface area contributed by atoms with E-state index < -0.39 is 5.54 Å². The molecule has 10 aromatic carbocycles. The fourth-order valence-electron chi connectivity index (χ4n) is 12.3. The first kappa shape index (κ1) is 55.3. The predicted molar refractivity (Wildman–Crippen MR) is 368 cm³/mol. The molecule has 3 heterocycles. The smallest absolute Gasteiger partial charge is 0.108 e. The van der Waals surface area contributed by atoms with Crippen molar-refractivity contribution in [3.8, 4) is 28.2 Å². The van der Waals surface area contributed by atoms with Crippen LogP contribution in [0.5, 0.6) is 0 Å². The topological polar surface area (TPSA) is 52.8 Å². The number of nitrogens with one attached hydrogen (secondary N) is 1. The van der Waals surface area contributed by atoms with E-state index in [1.165, 1.54) is 43.7 Å². The van der Waals surface area contributed by atoms with Gasteiger partial charge in [-0.05, 0) is 160 Å². The van der Waals surface area contributed by atoms with Gasteiger partial charge in [-0.2, -0.15) is 13.5 Å². The minimum absolute atomic E-state index is 0. The molecule has 0 bridgehead atoms. The van der Waals surface area contributed by atoms with E-state index in [-0.39, 0.29) is 13.5 Å². The quantitative estimate of drug-likeness (QED) is 0.0893. The second-order valence-corrected chi connectivity index (χ2v) is 21.3. The Morgan fingerprint density at radius 3 is 1.65 bits per heavy atom. The molecule has 1 aliphatic rings. The molecule has 1 unspecified atom stereocenters. The molecule has 13 aromatic rings. The average molecular weight is 1120 g/mol. The van der Waals surface area contributed by atoms with E-state index in [2.05, 4.69) is 312 Å². The van der Waals surface area contributed by atoms with Crippen molar-refractivity contribution >= 4 is 84.8 Å². The molecule has 1 atom stereocenters. The van der Waals surface area contributed by atoms with Gasteiger partial charge in [-0.15, -0.1) is 0 Å². The van der Waals surface area contributed by atoms with Crippen LogP contribution in [0.3, 0.4) is 0 Å². The Hall–Kier alpha value is -10.3. The molecule has 0 saturated heterocycles. The van der Waals surface area contributed by atoms with Crippen LogP contribution in [0.15, 0.2) is 310 Å². The number of anilines is 1.